The Kier molecular flexibility index (Phi) is 5.24. The molecule has 2 nitrogen and oxygen atoms in total. The number of amides is 1. The summed E-state index contributed by atoms with van der Waals surface area (Å²) in [6.45, 7) is 0. The molecule has 0 spiro atoms. The number of alkyl halides is 3. The molecular weight excluding hydrogens is 453 g/mol. The second-order valence-electron chi connectivity index (χ2n) is 4.27. The summed E-state index contributed by atoms with van der Waals surface area (Å²) in [5.41, 5.74) is -0.656. The predicted molar refractivity (Wildman–Crippen MR) is 88.6 cm³/mol. The summed E-state index contributed by atoms with van der Waals surface area (Å²) in [4.78, 5) is 12.1. The van der Waals surface area contributed by atoms with Crippen LogP contribution in [-0.4, -0.2) is 5.91 Å². The van der Waals surface area contributed by atoms with Gasteiger partial charge < -0.3 is 5.32 Å². The summed E-state index contributed by atoms with van der Waals surface area (Å²) in [6.07, 6.45) is -4.48. The molecule has 8 heteroatoms. The first kappa shape index (κ1) is 17.4. The van der Waals surface area contributed by atoms with Gasteiger partial charge in [-0.25, -0.2) is 0 Å². The van der Waals surface area contributed by atoms with E-state index in [1.807, 2.05) is 22.6 Å². The molecule has 2 aromatic rings. The fraction of sp³-hybridized carbons (Fsp3) is 0.0714. The maximum Gasteiger partial charge on any atom is 0.416 e. The number of hydrogen-bond donors (Lipinski definition) is 1. The molecule has 0 aliphatic heterocycles. The van der Waals surface area contributed by atoms with Crippen molar-refractivity contribution in [1.82, 2.24) is 0 Å². The normalized spacial score (nSPS) is 11.4. The standard InChI is InChI=1S/C14H7Cl2F3INO/c15-8-2-3-9(10(16)6-8)13(22)21-12-5-7(14(17,18)19)1-4-11(12)20/h1-6H,(H,21,22). The maximum atomic E-state index is 12.7. The molecule has 0 fully saturated rings. The average Bonchev–Trinajstić information content (AvgIpc) is 2.39. The van der Waals surface area contributed by atoms with Crippen molar-refractivity contribution < 1.29 is 18.0 Å². The van der Waals surface area contributed by atoms with Gasteiger partial charge in [0.15, 0.2) is 0 Å². The molecule has 1 amide bonds. The number of carbonyl (C=O) groups is 1. The van der Waals surface area contributed by atoms with E-state index in [0.717, 1.165) is 12.1 Å². The molecular formula is C14H7Cl2F3INO. The van der Waals surface area contributed by atoms with Gasteiger partial charge in [0.2, 0.25) is 0 Å². The molecule has 0 aliphatic carbocycles. The van der Waals surface area contributed by atoms with E-state index in [2.05, 4.69) is 5.32 Å². The van der Waals surface area contributed by atoms with Crippen LogP contribution in [0.1, 0.15) is 15.9 Å². The second kappa shape index (κ2) is 6.64. The molecule has 0 aromatic heterocycles. The molecule has 0 unspecified atom stereocenters. The third kappa shape index (κ3) is 4.05. The Hall–Kier alpha value is -0.990. The van der Waals surface area contributed by atoms with E-state index in [1.54, 1.807) is 0 Å². The molecule has 0 saturated carbocycles. The first-order valence-corrected chi connectivity index (χ1v) is 7.65. The molecule has 1 N–H and O–H groups in total. The van der Waals surface area contributed by atoms with Crippen molar-refractivity contribution in [3.8, 4) is 0 Å². The summed E-state index contributed by atoms with van der Waals surface area (Å²) in [5.74, 6) is -0.612. The van der Waals surface area contributed by atoms with Gasteiger partial charge in [0.05, 0.1) is 21.8 Å². The fourth-order valence-corrected chi connectivity index (χ4v) is 2.63. The van der Waals surface area contributed by atoms with Crippen LogP contribution in [0, 0.1) is 3.57 Å². The van der Waals surface area contributed by atoms with Gasteiger partial charge in [-0.15, -0.1) is 0 Å². The molecule has 2 rings (SSSR count). The highest BCUT2D eigenvalue weighted by molar-refractivity contribution is 14.1. The first-order valence-electron chi connectivity index (χ1n) is 5.81. The summed E-state index contributed by atoms with van der Waals surface area (Å²) >= 11 is 13.5. The van der Waals surface area contributed by atoms with E-state index in [1.165, 1.54) is 24.3 Å². The van der Waals surface area contributed by atoms with Crippen molar-refractivity contribution in [1.29, 1.82) is 0 Å². The monoisotopic (exact) mass is 459 g/mol. The maximum absolute atomic E-state index is 12.7. The van der Waals surface area contributed by atoms with Crippen LogP contribution < -0.4 is 5.32 Å². The number of carbonyl (C=O) groups excluding carboxylic acids is 1. The smallest absolute Gasteiger partial charge is 0.321 e. The lowest BCUT2D eigenvalue weighted by Crippen LogP contribution is -2.14. The number of nitrogens with one attached hydrogen (secondary N) is 1. The molecule has 0 radical (unpaired) electrons. The van der Waals surface area contributed by atoms with Crippen molar-refractivity contribution in [2.24, 2.45) is 0 Å². The zero-order chi connectivity index (χ0) is 16.5. The number of halogens is 6. The van der Waals surface area contributed by atoms with Crippen molar-refractivity contribution in [3.05, 3.63) is 61.1 Å². The molecule has 0 bridgehead atoms. The van der Waals surface area contributed by atoms with E-state index in [0.29, 0.717) is 8.59 Å². The van der Waals surface area contributed by atoms with E-state index in [4.69, 9.17) is 23.2 Å². The van der Waals surface area contributed by atoms with Gasteiger partial charge in [-0.3, -0.25) is 4.79 Å². The molecule has 0 heterocycles. The Morgan fingerprint density at radius 3 is 2.36 bits per heavy atom. The Balaban J connectivity index is 2.32. The largest absolute Gasteiger partial charge is 0.416 e. The van der Waals surface area contributed by atoms with Gasteiger partial charge in [-0.2, -0.15) is 13.2 Å². The fourth-order valence-electron chi connectivity index (χ4n) is 1.66. The lowest BCUT2D eigenvalue weighted by molar-refractivity contribution is -0.137. The van der Waals surface area contributed by atoms with Gasteiger partial charge in [-0.1, -0.05) is 23.2 Å². The summed E-state index contributed by atoms with van der Waals surface area (Å²) in [5, 5.41) is 2.90. The predicted octanol–water partition coefficient (Wildman–Crippen LogP) is 5.87. The van der Waals surface area contributed by atoms with Crippen LogP contribution in [0.5, 0.6) is 0 Å². The van der Waals surface area contributed by atoms with Crippen molar-refractivity contribution in [2.45, 2.75) is 6.18 Å². The Morgan fingerprint density at radius 2 is 1.77 bits per heavy atom. The summed E-state index contributed by atoms with van der Waals surface area (Å²) in [6, 6.07) is 7.37. The van der Waals surface area contributed by atoms with Crippen LogP contribution in [0.15, 0.2) is 36.4 Å². The first-order chi connectivity index (χ1) is 10.2. The minimum atomic E-state index is -4.48. The molecule has 22 heavy (non-hydrogen) atoms. The SMILES string of the molecule is O=C(Nc1cc(C(F)(F)F)ccc1I)c1ccc(Cl)cc1Cl. The Morgan fingerprint density at radius 1 is 1.09 bits per heavy atom. The topological polar surface area (TPSA) is 29.1 Å². The van der Waals surface area contributed by atoms with Gasteiger partial charge in [-0.05, 0) is 59.0 Å². The molecule has 0 saturated heterocycles. The van der Waals surface area contributed by atoms with Gasteiger partial charge >= 0.3 is 6.18 Å². The highest BCUT2D eigenvalue weighted by atomic mass is 127. The van der Waals surface area contributed by atoms with Crippen LogP contribution in [0.25, 0.3) is 0 Å². The van der Waals surface area contributed by atoms with E-state index in [9.17, 15) is 18.0 Å². The quantitative estimate of drug-likeness (QED) is 0.559. The Labute approximate surface area is 147 Å². The van der Waals surface area contributed by atoms with Crippen LogP contribution in [-0.2, 0) is 6.18 Å². The highest BCUT2D eigenvalue weighted by Crippen LogP contribution is 2.33. The zero-order valence-electron chi connectivity index (χ0n) is 10.6. The van der Waals surface area contributed by atoms with E-state index >= 15 is 0 Å². The van der Waals surface area contributed by atoms with E-state index < -0.39 is 17.6 Å². The van der Waals surface area contributed by atoms with Gasteiger partial charge in [0.1, 0.15) is 0 Å². The molecule has 0 aliphatic rings. The number of rotatable bonds is 2. The average molecular weight is 460 g/mol. The van der Waals surface area contributed by atoms with Crippen molar-refractivity contribution in [3.63, 3.8) is 0 Å². The van der Waals surface area contributed by atoms with Crippen LogP contribution in [0.3, 0.4) is 0 Å². The Bertz CT molecular complexity index is 735. The third-order valence-electron chi connectivity index (χ3n) is 2.72. The minimum absolute atomic E-state index is 0.0615. The van der Waals surface area contributed by atoms with E-state index in [-0.39, 0.29) is 16.3 Å². The summed E-state index contributed by atoms with van der Waals surface area (Å²) < 4.78 is 38.6. The number of benzene rings is 2. The van der Waals surface area contributed by atoms with Crippen LogP contribution >= 0.6 is 45.8 Å². The molecule has 116 valence electrons. The minimum Gasteiger partial charge on any atom is -0.321 e. The van der Waals surface area contributed by atoms with Crippen LogP contribution in [0.4, 0.5) is 18.9 Å². The number of hydrogen-bond acceptors (Lipinski definition) is 1. The summed E-state index contributed by atoms with van der Waals surface area (Å²) in [7, 11) is 0. The lowest BCUT2D eigenvalue weighted by atomic mass is 10.1. The number of anilines is 1. The van der Waals surface area contributed by atoms with Gasteiger partial charge in [0.25, 0.3) is 5.91 Å². The third-order valence-corrected chi connectivity index (χ3v) is 4.21. The van der Waals surface area contributed by atoms with Crippen LogP contribution in [0.2, 0.25) is 10.0 Å². The highest BCUT2D eigenvalue weighted by Gasteiger charge is 2.31. The zero-order valence-corrected chi connectivity index (χ0v) is 14.3. The lowest BCUT2D eigenvalue weighted by Gasteiger charge is -2.12. The second-order valence-corrected chi connectivity index (χ2v) is 6.28. The molecule has 0 atom stereocenters. The molecule has 2 aromatic carbocycles. The van der Waals surface area contributed by atoms with Crippen molar-refractivity contribution in [2.75, 3.05) is 5.32 Å². The van der Waals surface area contributed by atoms with Crippen molar-refractivity contribution >= 4 is 57.4 Å². The van der Waals surface area contributed by atoms with Gasteiger partial charge in [0, 0.05) is 8.59 Å².